The van der Waals surface area contributed by atoms with E-state index in [9.17, 15) is 0 Å². The molecule has 0 aromatic heterocycles. The third-order valence-corrected chi connectivity index (χ3v) is 6.13. The Kier molecular flexibility index (Phi) is 5.81. The summed E-state index contributed by atoms with van der Waals surface area (Å²) < 4.78 is 0. The van der Waals surface area contributed by atoms with Crippen LogP contribution in [0.15, 0.2) is 48.5 Å². The van der Waals surface area contributed by atoms with Crippen LogP contribution in [0.25, 0.3) is 0 Å². The Morgan fingerprint density at radius 1 is 0.586 bits per heavy atom. The average Bonchev–Trinajstić information content (AvgIpc) is 2.58. The fourth-order valence-electron chi connectivity index (χ4n) is 5.18. The first-order chi connectivity index (χ1) is 13.5. The molecular formula is C28H35B. The molecular weight excluding hydrogens is 347 g/mol. The van der Waals surface area contributed by atoms with Crippen molar-refractivity contribution >= 4 is 23.1 Å². The van der Waals surface area contributed by atoms with Crippen molar-refractivity contribution in [3.05, 3.63) is 87.5 Å². The molecule has 0 saturated carbocycles. The van der Waals surface area contributed by atoms with Crippen molar-refractivity contribution in [2.45, 2.75) is 67.7 Å². The first-order valence-electron chi connectivity index (χ1n) is 10.8. The van der Waals surface area contributed by atoms with Gasteiger partial charge in [0, 0.05) is 0 Å². The molecule has 0 saturated heterocycles. The molecule has 0 radical (unpaired) electrons. The van der Waals surface area contributed by atoms with Crippen LogP contribution >= 0.6 is 0 Å². The highest BCUT2D eigenvalue weighted by molar-refractivity contribution is 6.96. The quantitative estimate of drug-likeness (QED) is 0.536. The zero-order chi connectivity index (χ0) is 21.5. The van der Waals surface area contributed by atoms with Gasteiger partial charge in [-0.3, -0.25) is 0 Å². The lowest BCUT2D eigenvalue weighted by atomic mass is 9.33. The van der Waals surface area contributed by atoms with Crippen LogP contribution < -0.4 is 16.4 Å². The van der Waals surface area contributed by atoms with Gasteiger partial charge in [-0.15, -0.1) is 0 Å². The van der Waals surface area contributed by atoms with Crippen molar-refractivity contribution in [1.29, 1.82) is 0 Å². The molecule has 3 aromatic rings. The number of hydrogen-bond acceptors (Lipinski definition) is 0. The van der Waals surface area contributed by atoms with Crippen LogP contribution in [0, 0.1) is 41.5 Å². The number of hydrogen-bond donors (Lipinski definition) is 0. The van der Waals surface area contributed by atoms with Crippen LogP contribution in [0.5, 0.6) is 0 Å². The van der Waals surface area contributed by atoms with Crippen LogP contribution in [-0.2, 0) is 5.41 Å². The summed E-state index contributed by atoms with van der Waals surface area (Å²) in [5, 5.41) is 0. The van der Waals surface area contributed by atoms with Crippen LogP contribution in [-0.4, -0.2) is 6.71 Å². The molecule has 0 aliphatic carbocycles. The lowest BCUT2D eigenvalue weighted by molar-refractivity contribution is 0.594. The molecule has 0 spiro atoms. The van der Waals surface area contributed by atoms with E-state index >= 15 is 0 Å². The molecule has 0 heterocycles. The van der Waals surface area contributed by atoms with Gasteiger partial charge in [0.25, 0.3) is 0 Å². The van der Waals surface area contributed by atoms with Gasteiger partial charge in [-0.1, -0.05) is 119 Å². The summed E-state index contributed by atoms with van der Waals surface area (Å²) in [6.45, 7) is 20.7. The molecule has 1 heteroatoms. The zero-order valence-electron chi connectivity index (χ0n) is 19.7. The molecule has 0 fully saturated rings. The first-order valence-corrected chi connectivity index (χ1v) is 10.8. The van der Waals surface area contributed by atoms with Crippen LogP contribution in [0.1, 0.15) is 59.7 Å². The average molecular weight is 382 g/mol. The van der Waals surface area contributed by atoms with E-state index in [1.165, 1.54) is 55.3 Å². The number of aryl methyl sites for hydroxylation is 6. The van der Waals surface area contributed by atoms with E-state index in [1.54, 1.807) is 0 Å². The van der Waals surface area contributed by atoms with E-state index in [1.807, 2.05) is 0 Å². The summed E-state index contributed by atoms with van der Waals surface area (Å²) in [7, 11) is 0. The maximum atomic E-state index is 2.35. The van der Waals surface area contributed by atoms with Crippen LogP contribution in [0.3, 0.4) is 0 Å². The molecule has 0 unspecified atom stereocenters. The molecule has 3 rings (SSSR count). The third kappa shape index (κ3) is 4.20. The number of benzene rings is 3. The van der Waals surface area contributed by atoms with Gasteiger partial charge >= 0.3 is 0 Å². The fourth-order valence-corrected chi connectivity index (χ4v) is 5.18. The summed E-state index contributed by atoms with van der Waals surface area (Å²) in [4.78, 5) is 0. The van der Waals surface area contributed by atoms with Gasteiger partial charge in [0.05, 0.1) is 0 Å². The maximum absolute atomic E-state index is 2.35. The Labute approximate surface area is 178 Å². The maximum Gasteiger partial charge on any atom is 0.242 e. The highest BCUT2D eigenvalue weighted by Gasteiger charge is 2.32. The van der Waals surface area contributed by atoms with Crippen molar-refractivity contribution < 1.29 is 0 Å². The van der Waals surface area contributed by atoms with E-state index in [0.29, 0.717) is 0 Å². The Morgan fingerprint density at radius 3 is 1.34 bits per heavy atom. The van der Waals surface area contributed by atoms with Crippen molar-refractivity contribution in [3.63, 3.8) is 0 Å². The van der Waals surface area contributed by atoms with Gasteiger partial charge in [0.15, 0.2) is 0 Å². The first kappa shape index (κ1) is 21.4. The van der Waals surface area contributed by atoms with Gasteiger partial charge in [0.1, 0.15) is 0 Å². The fraction of sp³-hybridized carbons (Fsp3) is 0.357. The van der Waals surface area contributed by atoms with E-state index in [-0.39, 0.29) is 12.1 Å². The normalized spacial score (nSPS) is 11.6. The molecule has 3 aromatic carbocycles. The molecule has 0 aliphatic heterocycles. The Morgan fingerprint density at radius 2 is 0.966 bits per heavy atom. The summed E-state index contributed by atoms with van der Waals surface area (Å²) in [6, 6.07) is 18.4. The minimum absolute atomic E-state index is 0.0911. The van der Waals surface area contributed by atoms with E-state index < -0.39 is 0 Å². The predicted molar refractivity (Wildman–Crippen MR) is 131 cm³/mol. The second-order valence-corrected chi connectivity index (χ2v) is 9.90. The van der Waals surface area contributed by atoms with Gasteiger partial charge in [-0.05, 0) is 52.5 Å². The topological polar surface area (TPSA) is 0 Å². The van der Waals surface area contributed by atoms with Crippen molar-refractivity contribution in [2.75, 3.05) is 0 Å². The van der Waals surface area contributed by atoms with Crippen molar-refractivity contribution in [2.24, 2.45) is 0 Å². The number of rotatable bonds is 3. The monoisotopic (exact) mass is 382 g/mol. The van der Waals surface area contributed by atoms with E-state index in [4.69, 9.17) is 0 Å². The lowest BCUT2D eigenvalue weighted by Gasteiger charge is -2.30. The van der Waals surface area contributed by atoms with Crippen LogP contribution in [0.2, 0.25) is 0 Å². The molecule has 29 heavy (non-hydrogen) atoms. The van der Waals surface area contributed by atoms with Gasteiger partial charge in [-0.25, -0.2) is 0 Å². The van der Waals surface area contributed by atoms with Crippen molar-refractivity contribution in [3.8, 4) is 0 Å². The third-order valence-electron chi connectivity index (χ3n) is 6.13. The van der Waals surface area contributed by atoms with E-state index in [2.05, 4.69) is 111 Å². The molecule has 0 aliphatic rings. The van der Waals surface area contributed by atoms with Crippen molar-refractivity contribution in [1.82, 2.24) is 0 Å². The predicted octanol–water partition coefficient (Wildman–Crippen LogP) is 5.35. The molecule has 0 nitrogen and oxygen atoms in total. The minimum Gasteiger partial charge on any atom is -0.0667 e. The molecule has 150 valence electrons. The van der Waals surface area contributed by atoms with Gasteiger partial charge in [-0.2, -0.15) is 0 Å². The van der Waals surface area contributed by atoms with Gasteiger partial charge in [0.2, 0.25) is 6.71 Å². The summed E-state index contributed by atoms with van der Waals surface area (Å²) >= 11 is 0. The highest BCUT2D eigenvalue weighted by Crippen LogP contribution is 2.22. The summed E-state index contributed by atoms with van der Waals surface area (Å²) in [5.74, 6) is 0. The minimum atomic E-state index is 0.0911. The standard InChI is InChI=1S/C28H35B/c1-18-14-20(3)26(21(4)15-18)29(27-22(5)16-19(2)17-23(27)6)25-13-11-10-12-24(25)28(7,8)9/h10-17H,1-9H3. The second kappa shape index (κ2) is 7.86. The van der Waals surface area contributed by atoms with Crippen LogP contribution in [0.4, 0.5) is 0 Å². The second-order valence-electron chi connectivity index (χ2n) is 9.90. The Balaban J connectivity index is 2.44. The largest absolute Gasteiger partial charge is 0.242 e. The zero-order valence-corrected chi connectivity index (χ0v) is 19.7. The lowest BCUT2D eigenvalue weighted by Crippen LogP contribution is -2.57. The Hall–Kier alpha value is -2.28. The molecule has 0 atom stereocenters. The summed E-state index contributed by atoms with van der Waals surface area (Å²) in [6.07, 6.45) is 0. The Bertz CT molecular complexity index is 947. The molecule has 0 bridgehead atoms. The molecule has 0 amide bonds. The van der Waals surface area contributed by atoms with Gasteiger partial charge < -0.3 is 0 Å². The molecule has 0 N–H and O–H groups in total. The van der Waals surface area contributed by atoms with E-state index in [0.717, 1.165) is 0 Å². The smallest absolute Gasteiger partial charge is 0.0667 e. The highest BCUT2D eigenvalue weighted by atomic mass is 14.2. The SMILES string of the molecule is Cc1cc(C)c(B(c2ccccc2C(C)(C)C)c2c(C)cc(C)cc2C)c(C)c1. The summed E-state index contributed by atoms with van der Waals surface area (Å²) in [5.41, 5.74) is 14.1.